The highest BCUT2D eigenvalue weighted by atomic mass is 16.5. The van der Waals surface area contributed by atoms with Gasteiger partial charge in [0.05, 0.1) is 19.3 Å². The first-order valence-electron chi connectivity index (χ1n) is 7.62. The van der Waals surface area contributed by atoms with E-state index in [-0.39, 0.29) is 12.1 Å². The molecule has 1 saturated heterocycles. The van der Waals surface area contributed by atoms with Crippen molar-refractivity contribution in [3.8, 4) is 0 Å². The molecule has 1 fully saturated rings. The maximum absolute atomic E-state index is 12.4. The number of carbonyl (C=O) groups is 1. The van der Waals surface area contributed by atoms with E-state index < -0.39 is 0 Å². The molecule has 2 rings (SSSR count). The number of rotatable bonds is 4. The van der Waals surface area contributed by atoms with Crippen molar-refractivity contribution in [1.29, 1.82) is 0 Å². The molecule has 1 aromatic carbocycles. The van der Waals surface area contributed by atoms with E-state index in [4.69, 9.17) is 4.74 Å². The zero-order valence-electron chi connectivity index (χ0n) is 13.1. The molecular weight excluding hydrogens is 266 g/mol. The summed E-state index contributed by atoms with van der Waals surface area (Å²) >= 11 is 0. The molecule has 1 aliphatic rings. The molecule has 1 aromatic rings. The number of hydrogen-bond acceptors (Lipinski definition) is 3. The molecule has 5 heteroatoms. The highest BCUT2D eigenvalue weighted by Gasteiger charge is 2.25. The van der Waals surface area contributed by atoms with Gasteiger partial charge in [-0.15, -0.1) is 0 Å². The molecule has 1 N–H and O–H groups in total. The van der Waals surface area contributed by atoms with Crippen LogP contribution in [0.25, 0.3) is 0 Å². The van der Waals surface area contributed by atoms with Crippen LogP contribution >= 0.6 is 0 Å². The van der Waals surface area contributed by atoms with Crippen LogP contribution in [0, 0.1) is 0 Å². The highest BCUT2D eigenvalue weighted by Crippen LogP contribution is 2.19. The number of ether oxygens (including phenoxy) is 1. The van der Waals surface area contributed by atoms with Gasteiger partial charge in [-0.2, -0.15) is 0 Å². The second-order valence-corrected chi connectivity index (χ2v) is 5.33. The highest BCUT2D eigenvalue weighted by molar-refractivity contribution is 5.90. The lowest BCUT2D eigenvalue weighted by molar-refractivity contribution is 0.0144. The van der Waals surface area contributed by atoms with E-state index in [1.165, 1.54) is 0 Å². The average Bonchev–Trinajstić information content (AvgIpc) is 2.54. The average molecular weight is 291 g/mol. The van der Waals surface area contributed by atoms with Crippen molar-refractivity contribution < 1.29 is 9.53 Å². The zero-order chi connectivity index (χ0) is 15.2. The van der Waals surface area contributed by atoms with Gasteiger partial charge < -0.3 is 19.9 Å². The lowest BCUT2D eigenvalue weighted by atomic mass is 10.2. The first-order chi connectivity index (χ1) is 10.2. The summed E-state index contributed by atoms with van der Waals surface area (Å²) in [5, 5.41) is 3.00. The maximum atomic E-state index is 12.4. The number of hydrogen-bond donors (Lipinski definition) is 1. The number of carbonyl (C=O) groups excluding carboxylic acids is 1. The molecule has 1 atom stereocenters. The van der Waals surface area contributed by atoms with Gasteiger partial charge in [0.1, 0.15) is 0 Å². The maximum Gasteiger partial charge on any atom is 0.322 e. The molecule has 0 saturated carbocycles. The Morgan fingerprint density at radius 1 is 1.48 bits per heavy atom. The smallest absolute Gasteiger partial charge is 0.322 e. The molecule has 21 heavy (non-hydrogen) atoms. The third-order valence-corrected chi connectivity index (χ3v) is 3.97. The topological polar surface area (TPSA) is 44.8 Å². The summed E-state index contributed by atoms with van der Waals surface area (Å²) in [7, 11) is 2.04. The van der Waals surface area contributed by atoms with Gasteiger partial charge in [0.25, 0.3) is 0 Å². The van der Waals surface area contributed by atoms with E-state index in [2.05, 4.69) is 24.1 Å². The summed E-state index contributed by atoms with van der Waals surface area (Å²) in [6.07, 6.45) is 0.909. The monoisotopic (exact) mass is 291 g/mol. The number of anilines is 2. The summed E-state index contributed by atoms with van der Waals surface area (Å²) in [5.41, 5.74) is 1.93. The van der Waals surface area contributed by atoms with Gasteiger partial charge in [-0.25, -0.2) is 4.79 Å². The summed E-state index contributed by atoms with van der Waals surface area (Å²) in [6.45, 7) is 7.00. The zero-order valence-corrected chi connectivity index (χ0v) is 13.1. The number of morpholine rings is 1. The van der Waals surface area contributed by atoms with Crippen molar-refractivity contribution in [3.05, 3.63) is 24.3 Å². The van der Waals surface area contributed by atoms with Gasteiger partial charge in [0.2, 0.25) is 0 Å². The quantitative estimate of drug-likeness (QED) is 0.927. The summed E-state index contributed by atoms with van der Waals surface area (Å²) in [6, 6.07) is 8.06. The molecule has 2 amide bonds. The molecule has 0 unspecified atom stereocenters. The number of benzene rings is 1. The van der Waals surface area contributed by atoms with Crippen LogP contribution in [-0.4, -0.2) is 50.3 Å². The van der Waals surface area contributed by atoms with E-state index in [1.54, 1.807) is 0 Å². The van der Waals surface area contributed by atoms with E-state index in [0.29, 0.717) is 19.8 Å². The largest absolute Gasteiger partial charge is 0.377 e. The van der Waals surface area contributed by atoms with Crippen LogP contribution < -0.4 is 10.2 Å². The Balaban J connectivity index is 2.05. The van der Waals surface area contributed by atoms with Crippen LogP contribution in [0.1, 0.15) is 20.3 Å². The minimum atomic E-state index is -0.0403. The fourth-order valence-electron chi connectivity index (χ4n) is 2.46. The number of urea groups is 1. The van der Waals surface area contributed by atoms with E-state index in [1.807, 2.05) is 36.2 Å². The molecule has 116 valence electrons. The molecule has 0 radical (unpaired) electrons. The van der Waals surface area contributed by atoms with Gasteiger partial charge >= 0.3 is 6.03 Å². The van der Waals surface area contributed by atoms with E-state index >= 15 is 0 Å². The fraction of sp³-hybridized carbons (Fsp3) is 0.562. The van der Waals surface area contributed by atoms with Crippen LogP contribution in [0.5, 0.6) is 0 Å². The van der Waals surface area contributed by atoms with Gasteiger partial charge in [0, 0.05) is 31.5 Å². The van der Waals surface area contributed by atoms with Gasteiger partial charge in [0.15, 0.2) is 0 Å². The van der Waals surface area contributed by atoms with Crippen LogP contribution in [0.15, 0.2) is 24.3 Å². The predicted octanol–water partition coefficient (Wildman–Crippen LogP) is 2.79. The molecule has 0 bridgehead atoms. The minimum Gasteiger partial charge on any atom is -0.377 e. The molecule has 0 spiro atoms. The first-order valence-corrected chi connectivity index (χ1v) is 7.62. The summed E-state index contributed by atoms with van der Waals surface area (Å²) < 4.78 is 5.44. The van der Waals surface area contributed by atoms with E-state index in [0.717, 1.165) is 24.3 Å². The molecule has 1 aliphatic heterocycles. The van der Waals surface area contributed by atoms with Crippen LogP contribution in [0.3, 0.4) is 0 Å². The van der Waals surface area contributed by atoms with Crippen molar-refractivity contribution in [2.75, 3.05) is 43.6 Å². The molecule has 0 aliphatic carbocycles. The summed E-state index contributed by atoms with van der Waals surface area (Å²) in [5.74, 6) is 0. The van der Waals surface area contributed by atoms with Crippen molar-refractivity contribution in [2.24, 2.45) is 0 Å². The predicted molar refractivity (Wildman–Crippen MR) is 86.0 cm³/mol. The van der Waals surface area contributed by atoms with Crippen LogP contribution in [-0.2, 0) is 4.74 Å². The van der Waals surface area contributed by atoms with Crippen molar-refractivity contribution in [2.45, 2.75) is 26.3 Å². The lowest BCUT2D eigenvalue weighted by Gasteiger charge is -2.35. The Kier molecular flexibility index (Phi) is 5.44. The SMILES string of the molecule is CC[C@H]1COCCN1C(=O)Nc1cccc(N(C)CC)c1. The number of nitrogens with one attached hydrogen (secondary N) is 1. The van der Waals surface area contributed by atoms with Gasteiger partial charge in [-0.3, -0.25) is 0 Å². The lowest BCUT2D eigenvalue weighted by Crippen LogP contribution is -2.50. The number of nitrogens with zero attached hydrogens (tertiary/aromatic N) is 2. The first kappa shape index (κ1) is 15.6. The normalized spacial score (nSPS) is 18.4. The van der Waals surface area contributed by atoms with Crippen LogP contribution in [0.4, 0.5) is 16.2 Å². The van der Waals surface area contributed by atoms with Crippen molar-refractivity contribution in [3.63, 3.8) is 0 Å². The second kappa shape index (κ2) is 7.31. The Hall–Kier alpha value is -1.75. The molecule has 5 nitrogen and oxygen atoms in total. The molecule has 0 aromatic heterocycles. The Morgan fingerprint density at radius 3 is 3.00 bits per heavy atom. The van der Waals surface area contributed by atoms with Crippen molar-refractivity contribution in [1.82, 2.24) is 4.90 Å². The second-order valence-electron chi connectivity index (χ2n) is 5.33. The Bertz CT molecular complexity index is 478. The van der Waals surface area contributed by atoms with Gasteiger partial charge in [-0.05, 0) is 31.5 Å². The molecular formula is C16H25N3O2. The van der Waals surface area contributed by atoms with Crippen molar-refractivity contribution >= 4 is 17.4 Å². The van der Waals surface area contributed by atoms with E-state index in [9.17, 15) is 4.79 Å². The third kappa shape index (κ3) is 3.88. The Morgan fingerprint density at radius 2 is 2.29 bits per heavy atom. The number of amides is 2. The standard InChI is InChI=1S/C16H25N3O2/c1-4-14-12-21-10-9-19(14)16(20)17-13-7-6-8-15(11-13)18(3)5-2/h6-8,11,14H,4-5,9-10,12H2,1-3H3,(H,17,20)/t14-/m0/s1. The third-order valence-electron chi connectivity index (χ3n) is 3.97. The van der Waals surface area contributed by atoms with Crippen LogP contribution in [0.2, 0.25) is 0 Å². The fourth-order valence-corrected chi connectivity index (χ4v) is 2.46. The minimum absolute atomic E-state index is 0.0403. The molecule has 1 heterocycles. The Labute approximate surface area is 126 Å². The van der Waals surface area contributed by atoms with Gasteiger partial charge in [-0.1, -0.05) is 13.0 Å². The summed E-state index contributed by atoms with van der Waals surface area (Å²) in [4.78, 5) is 16.4.